The highest BCUT2D eigenvalue weighted by Crippen LogP contribution is 2.30. The summed E-state index contributed by atoms with van der Waals surface area (Å²) in [6.45, 7) is 4.75. The first-order chi connectivity index (χ1) is 13.1. The standard InChI is InChI=1S/C19H18N4O2S2/c1-12-9-15(18-21-22-19(25-18)16-6-4-8-27-16)13(2)23(12)11-17(24)20-10-14-5-3-7-26-14/h3-9H,10-11H2,1-2H3,(H,20,24). The lowest BCUT2D eigenvalue weighted by atomic mass is 10.2. The molecule has 0 saturated carbocycles. The van der Waals surface area contributed by atoms with Crippen molar-refractivity contribution in [2.45, 2.75) is 26.9 Å². The highest BCUT2D eigenvalue weighted by atomic mass is 32.1. The Morgan fingerprint density at radius 1 is 1.15 bits per heavy atom. The van der Waals surface area contributed by atoms with Crippen LogP contribution in [0.5, 0.6) is 0 Å². The number of hydrogen-bond donors (Lipinski definition) is 1. The van der Waals surface area contributed by atoms with Crippen molar-refractivity contribution < 1.29 is 9.21 Å². The topological polar surface area (TPSA) is 73.0 Å². The third kappa shape index (κ3) is 3.72. The van der Waals surface area contributed by atoms with Gasteiger partial charge in [-0.15, -0.1) is 32.9 Å². The first-order valence-electron chi connectivity index (χ1n) is 8.45. The molecule has 0 aliphatic heterocycles. The van der Waals surface area contributed by atoms with Crippen LogP contribution < -0.4 is 5.32 Å². The van der Waals surface area contributed by atoms with Gasteiger partial charge in [-0.2, -0.15) is 0 Å². The molecule has 0 fully saturated rings. The summed E-state index contributed by atoms with van der Waals surface area (Å²) in [6, 6.07) is 9.87. The normalized spacial score (nSPS) is 11.0. The Kier molecular flexibility index (Phi) is 4.91. The van der Waals surface area contributed by atoms with E-state index in [9.17, 15) is 4.79 Å². The largest absolute Gasteiger partial charge is 0.415 e. The molecule has 0 aliphatic rings. The average molecular weight is 399 g/mol. The molecule has 0 aliphatic carbocycles. The molecule has 1 amide bonds. The van der Waals surface area contributed by atoms with Gasteiger partial charge in [-0.05, 0) is 42.8 Å². The summed E-state index contributed by atoms with van der Waals surface area (Å²) >= 11 is 3.19. The number of carbonyl (C=O) groups excluding carboxylic acids is 1. The van der Waals surface area contributed by atoms with Gasteiger partial charge in [0, 0.05) is 16.3 Å². The summed E-state index contributed by atoms with van der Waals surface area (Å²) in [4.78, 5) is 14.4. The number of amides is 1. The molecule has 0 radical (unpaired) electrons. The second kappa shape index (κ2) is 7.50. The molecular weight excluding hydrogens is 380 g/mol. The summed E-state index contributed by atoms with van der Waals surface area (Å²) in [6.07, 6.45) is 0. The number of nitrogens with zero attached hydrogens (tertiary/aromatic N) is 3. The second-order valence-corrected chi connectivity index (χ2v) is 8.10. The number of aryl methyl sites for hydroxylation is 1. The third-order valence-electron chi connectivity index (χ3n) is 4.30. The summed E-state index contributed by atoms with van der Waals surface area (Å²) in [5.74, 6) is 0.955. The molecule has 4 rings (SSSR count). The van der Waals surface area contributed by atoms with E-state index in [-0.39, 0.29) is 12.5 Å². The van der Waals surface area contributed by atoms with Crippen molar-refractivity contribution in [2.75, 3.05) is 0 Å². The highest BCUT2D eigenvalue weighted by molar-refractivity contribution is 7.13. The van der Waals surface area contributed by atoms with Crippen molar-refractivity contribution in [3.63, 3.8) is 0 Å². The average Bonchev–Trinajstić information content (AvgIpc) is 3.43. The monoisotopic (exact) mass is 398 g/mol. The lowest BCUT2D eigenvalue weighted by Crippen LogP contribution is -2.27. The maximum atomic E-state index is 12.3. The van der Waals surface area contributed by atoms with Gasteiger partial charge in [0.05, 0.1) is 17.0 Å². The maximum Gasteiger partial charge on any atom is 0.258 e. The van der Waals surface area contributed by atoms with Crippen LogP contribution >= 0.6 is 22.7 Å². The van der Waals surface area contributed by atoms with Crippen molar-refractivity contribution >= 4 is 28.6 Å². The van der Waals surface area contributed by atoms with Gasteiger partial charge in [-0.3, -0.25) is 4.79 Å². The zero-order valence-electron chi connectivity index (χ0n) is 14.9. The van der Waals surface area contributed by atoms with E-state index in [2.05, 4.69) is 15.5 Å². The van der Waals surface area contributed by atoms with Gasteiger partial charge in [0.2, 0.25) is 11.8 Å². The molecule has 4 aromatic rings. The first kappa shape index (κ1) is 17.7. The van der Waals surface area contributed by atoms with Crippen LogP contribution in [0.25, 0.3) is 22.2 Å². The quantitative estimate of drug-likeness (QED) is 0.527. The van der Waals surface area contributed by atoms with Crippen molar-refractivity contribution in [2.24, 2.45) is 0 Å². The number of hydrogen-bond acceptors (Lipinski definition) is 6. The molecule has 8 heteroatoms. The Balaban J connectivity index is 1.50. The molecule has 6 nitrogen and oxygen atoms in total. The van der Waals surface area contributed by atoms with Gasteiger partial charge >= 0.3 is 0 Å². The minimum absolute atomic E-state index is 0.0263. The molecule has 4 aromatic heterocycles. The molecule has 0 bridgehead atoms. The van der Waals surface area contributed by atoms with Crippen LogP contribution in [0.3, 0.4) is 0 Å². The number of nitrogens with one attached hydrogen (secondary N) is 1. The minimum atomic E-state index is -0.0263. The van der Waals surface area contributed by atoms with Crippen molar-refractivity contribution in [3.05, 3.63) is 57.4 Å². The van der Waals surface area contributed by atoms with E-state index in [0.717, 1.165) is 26.7 Å². The number of aromatic nitrogens is 3. The van der Waals surface area contributed by atoms with Crippen LogP contribution in [-0.2, 0) is 17.9 Å². The SMILES string of the molecule is Cc1cc(-c2nnc(-c3cccs3)o2)c(C)n1CC(=O)NCc1cccs1. The van der Waals surface area contributed by atoms with E-state index < -0.39 is 0 Å². The molecule has 0 spiro atoms. The van der Waals surface area contributed by atoms with Crippen LogP contribution in [0.4, 0.5) is 0 Å². The first-order valence-corrected chi connectivity index (χ1v) is 10.2. The molecular formula is C19H18N4O2S2. The Labute approximate surface area is 164 Å². The Bertz CT molecular complexity index is 1050. The van der Waals surface area contributed by atoms with Gasteiger partial charge in [-0.25, -0.2) is 0 Å². The smallest absolute Gasteiger partial charge is 0.258 e. The van der Waals surface area contributed by atoms with Gasteiger partial charge in [-0.1, -0.05) is 12.1 Å². The van der Waals surface area contributed by atoms with E-state index in [1.807, 2.05) is 59.5 Å². The van der Waals surface area contributed by atoms with Crippen LogP contribution in [0, 0.1) is 13.8 Å². The summed E-state index contributed by atoms with van der Waals surface area (Å²) < 4.78 is 7.81. The van der Waals surface area contributed by atoms with E-state index in [0.29, 0.717) is 18.3 Å². The lowest BCUT2D eigenvalue weighted by Gasteiger charge is -2.09. The molecule has 4 heterocycles. The molecule has 0 saturated heterocycles. The summed E-state index contributed by atoms with van der Waals surface area (Å²) in [5.41, 5.74) is 2.76. The van der Waals surface area contributed by atoms with Gasteiger partial charge < -0.3 is 14.3 Å². The molecule has 0 aromatic carbocycles. The zero-order valence-corrected chi connectivity index (χ0v) is 16.6. The predicted octanol–water partition coefficient (Wildman–Crippen LogP) is 4.26. The van der Waals surface area contributed by atoms with E-state index in [4.69, 9.17) is 4.42 Å². The Morgan fingerprint density at radius 3 is 2.67 bits per heavy atom. The van der Waals surface area contributed by atoms with E-state index in [1.165, 1.54) is 0 Å². The molecule has 27 heavy (non-hydrogen) atoms. The van der Waals surface area contributed by atoms with Crippen LogP contribution in [-0.4, -0.2) is 20.7 Å². The zero-order chi connectivity index (χ0) is 18.8. The maximum absolute atomic E-state index is 12.3. The fraction of sp³-hybridized carbons (Fsp3) is 0.211. The second-order valence-electron chi connectivity index (χ2n) is 6.12. The van der Waals surface area contributed by atoms with Crippen molar-refractivity contribution in [1.82, 2.24) is 20.1 Å². The number of carbonyl (C=O) groups is 1. The van der Waals surface area contributed by atoms with Gasteiger partial charge in [0.25, 0.3) is 5.89 Å². The molecule has 1 N–H and O–H groups in total. The summed E-state index contributed by atoms with van der Waals surface area (Å²) in [7, 11) is 0. The van der Waals surface area contributed by atoms with Crippen molar-refractivity contribution in [3.8, 4) is 22.2 Å². The minimum Gasteiger partial charge on any atom is -0.415 e. The van der Waals surface area contributed by atoms with Gasteiger partial charge in [0.1, 0.15) is 6.54 Å². The van der Waals surface area contributed by atoms with Crippen LogP contribution in [0.1, 0.15) is 16.3 Å². The fourth-order valence-corrected chi connectivity index (χ4v) is 4.18. The van der Waals surface area contributed by atoms with Crippen molar-refractivity contribution in [1.29, 1.82) is 0 Å². The third-order valence-corrected chi connectivity index (χ3v) is 6.04. The highest BCUT2D eigenvalue weighted by Gasteiger charge is 2.18. The number of rotatable bonds is 6. The number of thiophene rings is 2. The van der Waals surface area contributed by atoms with E-state index >= 15 is 0 Å². The van der Waals surface area contributed by atoms with Crippen LogP contribution in [0.15, 0.2) is 45.5 Å². The fourth-order valence-electron chi connectivity index (χ4n) is 2.89. The Morgan fingerprint density at radius 2 is 1.93 bits per heavy atom. The molecule has 138 valence electrons. The Hall–Kier alpha value is -2.71. The lowest BCUT2D eigenvalue weighted by molar-refractivity contribution is -0.121. The molecule has 0 atom stereocenters. The predicted molar refractivity (Wildman–Crippen MR) is 107 cm³/mol. The van der Waals surface area contributed by atoms with E-state index in [1.54, 1.807) is 22.7 Å². The van der Waals surface area contributed by atoms with Crippen LogP contribution in [0.2, 0.25) is 0 Å². The molecule has 0 unspecified atom stereocenters. The summed E-state index contributed by atoms with van der Waals surface area (Å²) in [5, 5.41) is 15.3. The van der Waals surface area contributed by atoms with Gasteiger partial charge in [0.15, 0.2) is 0 Å².